The van der Waals surface area contributed by atoms with Crippen LogP contribution >= 0.6 is 0 Å². The summed E-state index contributed by atoms with van der Waals surface area (Å²) < 4.78 is 39.1. The molecule has 0 aliphatic carbocycles. The molecular formula is C7H6F3N3O3. The second-order valence-electron chi connectivity index (χ2n) is 2.63. The van der Waals surface area contributed by atoms with Gasteiger partial charge >= 0.3 is 17.9 Å². The Bertz CT molecular complexity index is 408. The van der Waals surface area contributed by atoms with E-state index in [4.69, 9.17) is 5.73 Å². The Morgan fingerprint density at radius 2 is 2.19 bits per heavy atom. The molecule has 2 N–H and O–H groups in total. The summed E-state index contributed by atoms with van der Waals surface area (Å²) in [5.41, 5.74) is 4.20. The van der Waals surface area contributed by atoms with Crippen molar-refractivity contribution in [2.45, 2.75) is 12.9 Å². The van der Waals surface area contributed by atoms with Gasteiger partial charge in [-0.1, -0.05) is 0 Å². The zero-order valence-electron chi connectivity index (χ0n) is 7.69. The number of nitrogens with two attached hydrogens (primary N) is 1. The maximum Gasteiger partial charge on any atom is 0.574 e. The fourth-order valence-electron chi connectivity index (χ4n) is 1.02. The minimum atomic E-state index is -5.04. The summed E-state index contributed by atoms with van der Waals surface area (Å²) in [5, 5.41) is 10.5. The topological polar surface area (TPSA) is 91.3 Å². The van der Waals surface area contributed by atoms with E-state index in [9.17, 15) is 23.3 Å². The van der Waals surface area contributed by atoms with Crippen LogP contribution in [-0.4, -0.2) is 16.3 Å². The van der Waals surface area contributed by atoms with Crippen LogP contribution in [0.25, 0.3) is 0 Å². The van der Waals surface area contributed by atoms with Gasteiger partial charge in [0.1, 0.15) is 0 Å². The molecule has 0 aromatic carbocycles. The SMILES string of the molecule is NCc1ccnc(OC(F)(F)F)c1[N+](=O)[O-]. The van der Waals surface area contributed by atoms with Crippen molar-refractivity contribution in [3.8, 4) is 5.88 Å². The van der Waals surface area contributed by atoms with Crippen LogP contribution < -0.4 is 10.5 Å². The van der Waals surface area contributed by atoms with Crippen LogP contribution in [0.5, 0.6) is 5.88 Å². The van der Waals surface area contributed by atoms with Crippen LogP contribution in [0.15, 0.2) is 12.3 Å². The lowest BCUT2D eigenvalue weighted by Gasteiger charge is -2.09. The predicted octanol–water partition coefficient (Wildman–Crippen LogP) is 1.35. The van der Waals surface area contributed by atoms with E-state index in [1.165, 1.54) is 0 Å². The summed E-state index contributed by atoms with van der Waals surface area (Å²) in [5.74, 6) is -1.11. The number of hydrogen-bond acceptors (Lipinski definition) is 5. The number of nitro groups is 1. The van der Waals surface area contributed by atoms with E-state index in [2.05, 4.69) is 9.72 Å². The molecule has 0 radical (unpaired) electrons. The van der Waals surface area contributed by atoms with Gasteiger partial charge in [0, 0.05) is 12.7 Å². The van der Waals surface area contributed by atoms with E-state index in [1.807, 2.05) is 0 Å². The van der Waals surface area contributed by atoms with E-state index in [-0.39, 0.29) is 12.1 Å². The molecule has 16 heavy (non-hydrogen) atoms. The van der Waals surface area contributed by atoms with Crippen LogP contribution in [0, 0.1) is 10.1 Å². The average molecular weight is 237 g/mol. The summed E-state index contributed by atoms with van der Waals surface area (Å²) in [7, 11) is 0. The van der Waals surface area contributed by atoms with Gasteiger partial charge in [-0.05, 0) is 6.07 Å². The lowest BCUT2D eigenvalue weighted by molar-refractivity contribution is -0.389. The first-order valence-corrected chi connectivity index (χ1v) is 3.93. The number of hydrogen-bond donors (Lipinski definition) is 1. The quantitative estimate of drug-likeness (QED) is 0.632. The van der Waals surface area contributed by atoms with E-state index < -0.39 is 22.9 Å². The average Bonchev–Trinajstić information content (AvgIpc) is 2.14. The lowest BCUT2D eigenvalue weighted by Crippen LogP contribution is -2.19. The van der Waals surface area contributed by atoms with Crippen molar-refractivity contribution in [2.75, 3.05) is 0 Å². The monoisotopic (exact) mass is 237 g/mol. The van der Waals surface area contributed by atoms with Gasteiger partial charge in [-0.3, -0.25) is 10.1 Å². The molecule has 0 spiro atoms. The summed E-state index contributed by atoms with van der Waals surface area (Å²) in [6.07, 6.45) is -4.08. The van der Waals surface area contributed by atoms with Crippen molar-refractivity contribution in [2.24, 2.45) is 5.73 Å². The molecule has 6 nitrogen and oxygen atoms in total. The lowest BCUT2D eigenvalue weighted by atomic mass is 10.2. The third-order valence-electron chi connectivity index (χ3n) is 1.59. The summed E-state index contributed by atoms with van der Waals surface area (Å²) in [4.78, 5) is 12.7. The van der Waals surface area contributed by atoms with E-state index >= 15 is 0 Å². The van der Waals surface area contributed by atoms with Crippen LogP contribution in [-0.2, 0) is 6.54 Å². The highest BCUT2D eigenvalue weighted by atomic mass is 19.4. The highest BCUT2D eigenvalue weighted by Crippen LogP contribution is 2.32. The normalized spacial score (nSPS) is 11.2. The molecule has 0 bridgehead atoms. The van der Waals surface area contributed by atoms with Crippen molar-refractivity contribution in [1.82, 2.24) is 4.98 Å². The standard InChI is InChI=1S/C7H6F3N3O3/c8-7(9,10)16-6-5(13(14)15)4(3-11)1-2-12-6/h1-2H,3,11H2. The molecule has 9 heteroatoms. The van der Waals surface area contributed by atoms with Crippen molar-refractivity contribution in [3.05, 3.63) is 27.9 Å². The zero-order valence-corrected chi connectivity index (χ0v) is 7.69. The highest BCUT2D eigenvalue weighted by molar-refractivity contribution is 5.48. The van der Waals surface area contributed by atoms with Gasteiger partial charge in [0.05, 0.1) is 10.5 Å². The number of aromatic nitrogens is 1. The minimum absolute atomic E-state index is 0.0840. The number of nitrogens with zero attached hydrogens (tertiary/aromatic N) is 2. The van der Waals surface area contributed by atoms with Crippen LogP contribution in [0.3, 0.4) is 0 Å². The van der Waals surface area contributed by atoms with Crippen molar-refractivity contribution >= 4 is 5.69 Å². The predicted molar refractivity (Wildman–Crippen MR) is 45.5 cm³/mol. The Hall–Kier alpha value is -1.90. The zero-order chi connectivity index (χ0) is 12.3. The Kier molecular flexibility index (Phi) is 3.28. The summed E-state index contributed by atoms with van der Waals surface area (Å²) in [6, 6.07) is 1.15. The fourth-order valence-corrected chi connectivity index (χ4v) is 1.02. The molecule has 0 atom stereocenters. The molecule has 1 aromatic heterocycles. The molecule has 0 saturated heterocycles. The van der Waals surface area contributed by atoms with Gasteiger partial charge in [-0.15, -0.1) is 13.2 Å². The summed E-state index contributed by atoms with van der Waals surface area (Å²) >= 11 is 0. The maximum atomic E-state index is 11.9. The molecular weight excluding hydrogens is 231 g/mol. The van der Waals surface area contributed by atoms with Crippen molar-refractivity contribution < 1.29 is 22.8 Å². The fraction of sp³-hybridized carbons (Fsp3) is 0.286. The van der Waals surface area contributed by atoms with Crippen molar-refractivity contribution in [3.63, 3.8) is 0 Å². The number of rotatable bonds is 3. The Morgan fingerprint density at radius 1 is 1.56 bits per heavy atom. The maximum absolute atomic E-state index is 11.9. The first-order chi connectivity index (χ1) is 7.35. The molecule has 1 rings (SSSR count). The Morgan fingerprint density at radius 3 is 2.62 bits per heavy atom. The minimum Gasteiger partial charge on any atom is -0.381 e. The molecule has 0 amide bonds. The molecule has 88 valence electrons. The van der Waals surface area contributed by atoms with Gasteiger partial charge < -0.3 is 10.5 Å². The first-order valence-electron chi connectivity index (χ1n) is 3.93. The second kappa shape index (κ2) is 4.31. The second-order valence-corrected chi connectivity index (χ2v) is 2.63. The molecule has 0 aliphatic heterocycles. The van der Waals surface area contributed by atoms with Gasteiger partial charge in [0.15, 0.2) is 0 Å². The van der Waals surface area contributed by atoms with Gasteiger partial charge in [0.25, 0.3) is 0 Å². The molecule has 1 heterocycles. The van der Waals surface area contributed by atoms with E-state index in [0.717, 1.165) is 12.3 Å². The van der Waals surface area contributed by atoms with Gasteiger partial charge in [0.2, 0.25) is 0 Å². The van der Waals surface area contributed by atoms with Crippen LogP contribution in [0.4, 0.5) is 18.9 Å². The third kappa shape index (κ3) is 2.79. The molecule has 0 saturated carbocycles. The first kappa shape index (κ1) is 12.2. The Balaban J connectivity index is 3.22. The smallest absolute Gasteiger partial charge is 0.381 e. The number of halogens is 3. The molecule has 0 unspecified atom stereocenters. The third-order valence-corrected chi connectivity index (χ3v) is 1.59. The number of alkyl halides is 3. The largest absolute Gasteiger partial charge is 0.574 e. The number of ether oxygens (including phenoxy) is 1. The molecule has 1 aromatic rings. The Labute approximate surface area is 87.0 Å². The van der Waals surface area contributed by atoms with E-state index in [1.54, 1.807) is 0 Å². The van der Waals surface area contributed by atoms with Gasteiger partial charge in [-0.2, -0.15) is 0 Å². The van der Waals surface area contributed by atoms with Crippen molar-refractivity contribution in [1.29, 1.82) is 0 Å². The number of pyridine rings is 1. The van der Waals surface area contributed by atoms with Crippen LogP contribution in [0.1, 0.15) is 5.56 Å². The molecule has 0 fully saturated rings. The highest BCUT2D eigenvalue weighted by Gasteiger charge is 2.36. The summed E-state index contributed by atoms with van der Waals surface area (Å²) in [6.45, 7) is -0.285. The van der Waals surface area contributed by atoms with Crippen LogP contribution in [0.2, 0.25) is 0 Å². The van der Waals surface area contributed by atoms with Gasteiger partial charge in [-0.25, -0.2) is 4.98 Å². The van der Waals surface area contributed by atoms with E-state index in [0.29, 0.717) is 0 Å². The molecule has 0 aliphatic rings.